The van der Waals surface area contributed by atoms with E-state index in [9.17, 15) is 13.2 Å². The Hall–Kier alpha value is -3.16. The van der Waals surface area contributed by atoms with Gasteiger partial charge in [0.25, 0.3) is 15.9 Å². The molecule has 160 valence electrons. The predicted molar refractivity (Wildman–Crippen MR) is 124 cm³/mol. The molecule has 0 fully saturated rings. The van der Waals surface area contributed by atoms with Gasteiger partial charge in [0.15, 0.2) is 0 Å². The Balaban J connectivity index is 1.90. The van der Waals surface area contributed by atoms with E-state index in [1.165, 1.54) is 18.2 Å². The molecule has 8 heteroatoms. The topological polar surface area (TPSA) is 78.8 Å². The molecule has 0 aliphatic rings. The Morgan fingerprint density at radius 1 is 1.00 bits per heavy atom. The highest BCUT2D eigenvalue weighted by molar-refractivity contribution is 7.92. The van der Waals surface area contributed by atoms with Crippen LogP contribution >= 0.6 is 11.6 Å². The van der Waals surface area contributed by atoms with Crippen molar-refractivity contribution < 1.29 is 13.2 Å². The van der Waals surface area contributed by atoms with Gasteiger partial charge in [-0.2, -0.15) is 5.10 Å². The van der Waals surface area contributed by atoms with Gasteiger partial charge in [0.1, 0.15) is 6.54 Å². The van der Waals surface area contributed by atoms with Gasteiger partial charge in [-0.15, -0.1) is 0 Å². The number of carbonyl (C=O) groups excluding carboxylic acids is 1. The zero-order chi connectivity index (χ0) is 22.4. The van der Waals surface area contributed by atoms with E-state index in [1.54, 1.807) is 37.3 Å². The number of nitrogens with zero attached hydrogens (tertiary/aromatic N) is 2. The molecule has 3 aromatic carbocycles. The second kappa shape index (κ2) is 9.76. The second-order valence-corrected chi connectivity index (χ2v) is 9.13. The SMILES string of the molecule is C/C(=N/NC(=O)CN(c1ccc(C)c(Cl)c1)S(=O)(=O)c1ccccc1)c1ccccc1. The molecule has 0 saturated carbocycles. The molecule has 0 heterocycles. The smallest absolute Gasteiger partial charge is 0.264 e. The van der Waals surface area contributed by atoms with Gasteiger partial charge >= 0.3 is 0 Å². The molecule has 1 amide bonds. The zero-order valence-corrected chi connectivity index (χ0v) is 18.7. The molecule has 0 aliphatic heterocycles. The van der Waals surface area contributed by atoms with Gasteiger partial charge in [0.05, 0.1) is 16.3 Å². The Kier molecular flexibility index (Phi) is 7.09. The number of benzene rings is 3. The lowest BCUT2D eigenvalue weighted by Gasteiger charge is -2.24. The maximum atomic E-state index is 13.3. The van der Waals surface area contributed by atoms with Crippen LogP contribution in [0.1, 0.15) is 18.1 Å². The summed E-state index contributed by atoms with van der Waals surface area (Å²) in [6.45, 7) is 3.12. The monoisotopic (exact) mass is 455 g/mol. The number of sulfonamides is 1. The average molecular weight is 456 g/mol. The quantitative estimate of drug-likeness (QED) is 0.424. The summed E-state index contributed by atoms with van der Waals surface area (Å²) < 4.78 is 27.6. The van der Waals surface area contributed by atoms with Crippen molar-refractivity contribution in [1.82, 2.24) is 5.43 Å². The molecule has 0 saturated heterocycles. The average Bonchev–Trinajstić information content (AvgIpc) is 2.79. The molecule has 31 heavy (non-hydrogen) atoms. The van der Waals surface area contributed by atoms with Gasteiger partial charge in [0.2, 0.25) is 0 Å². The first-order valence-electron chi connectivity index (χ1n) is 9.51. The Morgan fingerprint density at radius 2 is 1.61 bits per heavy atom. The van der Waals surface area contributed by atoms with Crippen LogP contribution in [-0.2, 0) is 14.8 Å². The molecule has 0 aliphatic carbocycles. The van der Waals surface area contributed by atoms with E-state index in [0.717, 1.165) is 15.4 Å². The Labute approximate surface area is 187 Å². The number of hydrogen-bond donors (Lipinski definition) is 1. The number of halogens is 1. The van der Waals surface area contributed by atoms with Crippen molar-refractivity contribution in [1.29, 1.82) is 0 Å². The minimum atomic E-state index is -4.00. The van der Waals surface area contributed by atoms with E-state index >= 15 is 0 Å². The first-order valence-corrected chi connectivity index (χ1v) is 11.3. The fourth-order valence-electron chi connectivity index (χ4n) is 2.83. The van der Waals surface area contributed by atoms with Crippen molar-refractivity contribution in [2.45, 2.75) is 18.7 Å². The van der Waals surface area contributed by atoms with Crippen molar-refractivity contribution >= 4 is 38.9 Å². The summed E-state index contributed by atoms with van der Waals surface area (Å²) in [6, 6.07) is 22.1. The highest BCUT2D eigenvalue weighted by Crippen LogP contribution is 2.27. The summed E-state index contributed by atoms with van der Waals surface area (Å²) in [5.74, 6) is -0.577. The van der Waals surface area contributed by atoms with E-state index in [4.69, 9.17) is 11.6 Å². The summed E-state index contributed by atoms with van der Waals surface area (Å²) in [5, 5.41) is 4.50. The molecule has 3 aromatic rings. The summed E-state index contributed by atoms with van der Waals surface area (Å²) in [6.07, 6.45) is 0. The van der Waals surface area contributed by atoms with Crippen LogP contribution < -0.4 is 9.73 Å². The highest BCUT2D eigenvalue weighted by atomic mass is 35.5. The summed E-state index contributed by atoms with van der Waals surface area (Å²) >= 11 is 6.22. The third-order valence-corrected chi connectivity index (χ3v) is 6.80. The normalized spacial score (nSPS) is 11.8. The van der Waals surface area contributed by atoms with E-state index in [-0.39, 0.29) is 4.90 Å². The van der Waals surface area contributed by atoms with Gasteiger partial charge < -0.3 is 0 Å². The molecular weight excluding hydrogens is 434 g/mol. The number of hydrogen-bond acceptors (Lipinski definition) is 4. The van der Waals surface area contributed by atoms with Crippen molar-refractivity contribution in [3.8, 4) is 0 Å². The van der Waals surface area contributed by atoms with Gasteiger partial charge in [-0.1, -0.05) is 66.2 Å². The van der Waals surface area contributed by atoms with E-state index < -0.39 is 22.5 Å². The molecule has 0 unspecified atom stereocenters. The Bertz CT molecular complexity index is 1200. The minimum absolute atomic E-state index is 0.0727. The number of anilines is 1. The lowest BCUT2D eigenvalue weighted by molar-refractivity contribution is -0.119. The predicted octanol–water partition coefficient (Wildman–Crippen LogP) is 4.38. The molecule has 0 bridgehead atoms. The summed E-state index contributed by atoms with van der Waals surface area (Å²) in [4.78, 5) is 12.7. The third kappa shape index (κ3) is 5.51. The van der Waals surface area contributed by atoms with Crippen LogP contribution in [0.5, 0.6) is 0 Å². The van der Waals surface area contributed by atoms with E-state index in [2.05, 4.69) is 10.5 Å². The molecule has 0 aromatic heterocycles. The lowest BCUT2D eigenvalue weighted by atomic mass is 10.1. The van der Waals surface area contributed by atoms with Crippen LogP contribution in [0.4, 0.5) is 5.69 Å². The van der Waals surface area contributed by atoms with Gasteiger partial charge in [0, 0.05) is 5.02 Å². The fourth-order valence-corrected chi connectivity index (χ4v) is 4.44. The standard InChI is InChI=1S/C23H22ClN3O3S/c1-17-13-14-20(15-22(17)24)27(31(29,30)21-11-7-4-8-12-21)16-23(28)26-25-18(2)19-9-5-3-6-10-19/h3-15H,16H2,1-2H3,(H,26,28)/b25-18-. The summed E-state index contributed by atoms with van der Waals surface area (Å²) in [7, 11) is -4.00. The van der Waals surface area contributed by atoms with Crippen LogP contribution in [0.3, 0.4) is 0 Å². The first kappa shape index (κ1) is 22.5. The van der Waals surface area contributed by atoms with Crippen LogP contribution in [-0.4, -0.2) is 26.6 Å². The van der Waals surface area contributed by atoms with Crippen LogP contribution in [0.25, 0.3) is 0 Å². The Morgan fingerprint density at radius 3 is 2.23 bits per heavy atom. The van der Waals surface area contributed by atoms with Gasteiger partial charge in [-0.3, -0.25) is 9.10 Å². The minimum Gasteiger partial charge on any atom is -0.271 e. The molecule has 0 atom stereocenters. The number of nitrogens with one attached hydrogen (secondary N) is 1. The number of hydrazone groups is 1. The van der Waals surface area contributed by atoms with Crippen LogP contribution in [0, 0.1) is 6.92 Å². The molecule has 6 nitrogen and oxygen atoms in total. The van der Waals surface area contributed by atoms with Crippen LogP contribution in [0.2, 0.25) is 5.02 Å². The number of aryl methyl sites for hydroxylation is 1. The molecule has 1 N–H and O–H groups in total. The molecular formula is C23H22ClN3O3S. The van der Waals surface area contributed by atoms with Gasteiger partial charge in [-0.25, -0.2) is 13.8 Å². The van der Waals surface area contributed by atoms with Crippen LogP contribution in [0.15, 0.2) is 88.9 Å². The van der Waals surface area contributed by atoms with E-state index in [0.29, 0.717) is 16.4 Å². The molecule has 3 rings (SSSR count). The maximum absolute atomic E-state index is 13.3. The highest BCUT2D eigenvalue weighted by Gasteiger charge is 2.27. The fraction of sp³-hybridized carbons (Fsp3) is 0.130. The summed E-state index contributed by atoms with van der Waals surface area (Å²) in [5.41, 5.74) is 4.98. The molecule has 0 radical (unpaired) electrons. The largest absolute Gasteiger partial charge is 0.271 e. The van der Waals surface area contributed by atoms with Crippen molar-refractivity contribution in [2.75, 3.05) is 10.8 Å². The number of rotatable bonds is 7. The lowest BCUT2D eigenvalue weighted by Crippen LogP contribution is -2.39. The van der Waals surface area contributed by atoms with E-state index in [1.807, 2.05) is 37.3 Å². The van der Waals surface area contributed by atoms with Gasteiger partial charge in [-0.05, 0) is 49.2 Å². The number of amides is 1. The van der Waals surface area contributed by atoms with Crippen molar-refractivity contribution in [3.63, 3.8) is 0 Å². The first-order chi connectivity index (χ1) is 14.8. The van der Waals surface area contributed by atoms with Crippen molar-refractivity contribution in [3.05, 3.63) is 95.0 Å². The maximum Gasteiger partial charge on any atom is 0.264 e. The molecule has 0 spiro atoms. The van der Waals surface area contributed by atoms with Crippen molar-refractivity contribution in [2.24, 2.45) is 5.10 Å². The number of carbonyl (C=O) groups is 1. The third-order valence-electron chi connectivity index (χ3n) is 4.60. The second-order valence-electron chi connectivity index (χ2n) is 6.86. The zero-order valence-electron chi connectivity index (χ0n) is 17.1.